The molecule has 0 aliphatic rings. The monoisotopic (exact) mass is 223 g/mol. The van der Waals surface area contributed by atoms with Crippen LogP contribution in [0.2, 0.25) is 5.02 Å². The quantitative estimate of drug-likeness (QED) is 0.696. The second kappa shape index (κ2) is 3.59. The van der Waals surface area contributed by atoms with Crippen LogP contribution in [0.3, 0.4) is 0 Å². The molecule has 2 nitrogen and oxygen atoms in total. The maximum atomic E-state index is 13.5. The van der Waals surface area contributed by atoms with Gasteiger partial charge in [-0.2, -0.15) is 0 Å². The van der Waals surface area contributed by atoms with Gasteiger partial charge in [-0.15, -0.1) is 0 Å². The fourth-order valence-corrected chi connectivity index (χ4v) is 1.86. The molecule has 1 heterocycles. The number of aromatic nitrogens is 1. The lowest BCUT2D eigenvalue weighted by Gasteiger charge is -2.06. The van der Waals surface area contributed by atoms with E-state index >= 15 is 0 Å². The Morgan fingerprint density at radius 3 is 2.87 bits per heavy atom. The van der Waals surface area contributed by atoms with E-state index in [1.54, 1.807) is 19.1 Å². The summed E-state index contributed by atoms with van der Waals surface area (Å²) in [7, 11) is 0. The van der Waals surface area contributed by atoms with Crippen molar-refractivity contribution in [3.8, 4) is 0 Å². The molecule has 0 fully saturated rings. The first kappa shape index (κ1) is 10.1. The summed E-state index contributed by atoms with van der Waals surface area (Å²) < 4.78 is 13.5. The largest absolute Gasteiger partial charge is 0.298 e. The Labute approximate surface area is 90.7 Å². The smallest absolute Gasteiger partial charge is 0.153 e. The van der Waals surface area contributed by atoms with E-state index in [4.69, 9.17) is 11.6 Å². The molecule has 0 saturated carbocycles. The molecule has 0 aliphatic carbocycles. The molecule has 0 N–H and O–H groups in total. The van der Waals surface area contributed by atoms with Gasteiger partial charge < -0.3 is 0 Å². The number of fused-ring (bicyclic) bond motifs is 1. The molecule has 4 heteroatoms. The third-order valence-corrected chi connectivity index (χ3v) is 2.64. The van der Waals surface area contributed by atoms with Crippen molar-refractivity contribution in [2.24, 2.45) is 0 Å². The summed E-state index contributed by atoms with van der Waals surface area (Å²) in [4.78, 5) is 14.9. The molecule has 0 saturated heterocycles. The van der Waals surface area contributed by atoms with E-state index in [0.717, 1.165) is 0 Å². The van der Waals surface area contributed by atoms with Gasteiger partial charge in [-0.25, -0.2) is 4.39 Å². The Balaban J connectivity index is 2.98. The highest BCUT2D eigenvalue weighted by Crippen LogP contribution is 2.28. The number of aldehydes is 1. The van der Waals surface area contributed by atoms with Gasteiger partial charge in [0.25, 0.3) is 0 Å². The van der Waals surface area contributed by atoms with Crippen molar-refractivity contribution in [1.29, 1.82) is 0 Å². The highest BCUT2D eigenvalue weighted by molar-refractivity contribution is 6.37. The van der Waals surface area contributed by atoms with Crippen molar-refractivity contribution >= 4 is 28.8 Å². The van der Waals surface area contributed by atoms with E-state index in [1.807, 2.05) is 0 Å². The Morgan fingerprint density at radius 2 is 2.20 bits per heavy atom. The highest BCUT2D eigenvalue weighted by atomic mass is 35.5. The van der Waals surface area contributed by atoms with Crippen LogP contribution in [0.5, 0.6) is 0 Å². The van der Waals surface area contributed by atoms with Gasteiger partial charge in [0.1, 0.15) is 5.82 Å². The number of carbonyl (C=O) groups is 1. The second-order valence-corrected chi connectivity index (χ2v) is 3.55. The Morgan fingerprint density at radius 1 is 1.47 bits per heavy atom. The van der Waals surface area contributed by atoms with E-state index in [-0.39, 0.29) is 16.0 Å². The van der Waals surface area contributed by atoms with Crippen LogP contribution >= 0.6 is 11.6 Å². The van der Waals surface area contributed by atoms with Gasteiger partial charge in [-0.05, 0) is 19.1 Å². The van der Waals surface area contributed by atoms with Crippen LogP contribution in [0.25, 0.3) is 10.9 Å². The summed E-state index contributed by atoms with van der Waals surface area (Å²) in [5.74, 6) is -0.465. The number of halogens is 2. The Bertz CT molecular complexity index is 554. The molecule has 1 aromatic carbocycles. The molecule has 0 unspecified atom stereocenters. The van der Waals surface area contributed by atoms with Crippen molar-refractivity contribution in [2.75, 3.05) is 0 Å². The van der Waals surface area contributed by atoms with Crippen LogP contribution in [0, 0.1) is 12.7 Å². The number of aryl methyl sites for hydroxylation is 1. The molecule has 0 atom stereocenters. The van der Waals surface area contributed by atoms with Crippen molar-refractivity contribution < 1.29 is 9.18 Å². The zero-order valence-corrected chi connectivity index (χ0v) is 8.68. The maximum absolute atomic E-state index is 13.5. The predicted molar refractivity (Wildman–Crippen MR) is 56.8 cm³/mol. The average molecular weight is 224 g/mol. The minimum absolute atomic E-state index is 0.130. The summed E-state index contributed by atoms with van der Waals surface area (Å²) in [5.41, 5.74) is 1.21. The number of nitrogens with zero attached hydrogens (tertiary/aromatic N) is 1. The molecular formula is C11H7ClFNO. The average Bonchev–Trinajstić information content (AvgIpc) is 2.17. The number of rotatable bonds is 1. The lowest BCUT2D eigenvalue weighted by Crippen LogP contribution is -1.95. The highest BCUT2D eigenvalue weighted by Gasteiger charge is 2.12. The third-order valence-electron chi connectivity index (χ3n) is 2.24. The molecule has 76 valence electrons. The second-order valence-electron chi connectivity index (χ2n) is 3.18. The zero-order valence-electron chi connectivity index (χ0n) is 7.92. The summed E-state index contributed by atoms with van der Waals surface area (Å²) in [6.45, 7) is 1.67. The fraction of sp³-hybridized carbons (Fsp3) is 0.0909. The molecule has 2 rings (SSSR count). The van der Waals surface area contributed by atoms with E-state index in [1.165, 1.54) is 6.07 Å². The van der Waals surface area contributed by atoms with E-state index in [0.29, 0.717) is 17.5 Å². The molecular weight excluding hydrogens is 217 g/mol. The van der Waals surface area contributed by atoms with Crippen LogP contribution in [0.4, 0.5) is 4.39 Å². The third kappa shape index (κ3) is 1.49. The van der Waals surface area contributed by atoms with Crippen molar-refractivity contribution in [3.05, 3.63) is 40.3 Å². The van der Waals surface area contributed by atoms with Crippen LogP contribution in [-0.2, 0) is 0 Å². The first-order valence-electron chi connectivity index (χ1n) is 4.34. The standard InChI is InChI=1S/C11H7ClFNO/c1-6-7(5-15)11(12)10-8(13)3-2-4-9(10)14-6/h2-5H,1H3. The van der Waals surface area contributed by atoms with Gasteiger partial charge >= 0.3 is 0 Å². The minimum atomic E-state index is -0.465. The molecule has 0 spiro atoms. The summed E-state index contributed by atoms with van der Waals surface area (Å²) in [6.07, 6.45) is 0.594. The lowest BCUT2D eigenvalue weighted by atomic mass is 10.1. The first-order valence-corrected chi connectivity index (χ1v) is 4.72. The molecule has 0 amide bonds. The van der Waals surface area contributed by atoms with Crippen LogP contribution in [-0.4, -0.2) is 11.3 Å². The number of pyridine rings is 1. The van der Waals surface area contributed by atoms with Crippen LogP contribution in [0.1, 0.15) is 16.1 Å². The van der Waals surface area contributed by atoms with Crippen LogP contribution < -0.4 is 0 Å². The minimum Gasteiger partial charge on any atom is -0.298 e. The molecule has 1 aromatic heterocycles. The van der Waals surface area contributed by atoms with Gasteiger partial charge in [-0.1, -0.05) is 17.7 Å². The van der Waals surface area contributed by atoms with Gasteiger partial charge in [0.15, 0.2) is 6.29 Å². The number of carbonyl (C=O) groups excluding carboxylic acids is 1. The van der Waals surface area contributed by atoms with Gasteiger partial charge in [0.05, 0.1) is 27.2 Å². The van der Waals surface area contributed by atoms with Crippen molar-refractivity contribution in [3.63, 3.8) is 0 Å². The lowest BCUT2D eigenvalue weighted by molar-refractivity contribution is 0.112. The Kier molecular flexibility index (Phi) is 2.40. The Hall–Kier alpha value is -1.48. The van der Waals surface area contributed by atoms with Crippen molar-refractivity contribution in [1.82, 2.24) is 4.98 Å². The summed E-state index contributed by atoms with van der Waals surface area (Å²) in [5, 5.41) is 0.331. The number of hydrogen-bond acceptors (Lipinski definition) is 2. The molecule has 0 aliphatic heterocycles. The topological polar surface area (TPSA) is 30.0 Å². The van der Waals surface area contributed by atoms with E-state index in [9.17, 15) is 9.18 Å². The normalized spacial score (nSPS) is 10.6. The number of benzene rings is 1. The fourth-order valence-electron chi connectivity index (χ4n) is 1.49. The molecule has 2 aromatic rings. The van der Waals surface area contributed by atoms with Gasteiger partial charge in [-0.3, -0.25) is 9.78 Å². The van der Waals surface area contributed by atoms with E-state index < -0.39 is 5.82 Å². The van der Waals surface area contributed by atoms with E-state index in [2.05, 4.69) is 4.98 Å². The predicted octanol–water partition coefficient (Wildman–Crippen LogP) is 3.15. The van der Waals surface area contributed by atoms with Crippen molar-refractivity contribution in [2.45, 2.75) is 6.92 Å². The first-order chi connectivity index (χ1) is 7.15. The zero-order chi connectivity index (χ0) is 11.0. The summed E-state index contributed by atoms with van der Waals surface area (Å²) >= 11 is 5.94. The van der Waals surface area contributed by atoms with Gasteiger partial charge in [0.2, 0.25) is 0 Å². The van der Waals surface area contributed by atoms with Gasteiger partial charge in [0, 0.05) is 0 Å². The van der Waals surface area contributed by atoms with Crippen LogP contribution in [0.15, 0.2) is 18.2 Å². The maximum Gasteiger partial charge on any atom is 0.153 e. The molecule has 15 heavy (non-hydrogen) atoms. The molecule has 0 radical (unpaired) electrons. The molecule has 0 bridgehead atoms. The summed E-state index contributed by atoms with van der Waals surface area (Å²) in [6, 6.07) is 4.51. The SMILES string of the molecule is Cc1nc2cccc(F)c2c(Cl)c1C=O. The number of hydrogen-bond donors (Lipinski definition) is 0.